The minimum Gasteiger partial charge on any atom is -0.389 e. The van der Waals surface area contributed by atoms with Crippen LogP contribution in [0.5, 0.6) is 0 Å². The summed E-state index contributed by atoms with van der Waals surface area (Å²) in [4.78, 5) is 0. The summed E-state index contributed by atoms with van der Waals surface area (Å²) in [7, 11) is 0. The first-order chi connectivity index (χ1) is 9.75. The lowest BCUT2D eigenvalue weighted by molar-refractivity contribution is -0.0451. The SMILES string of the molecule is CC1CCCCC1OCC(O)CNCCC1CCCC1. The molecule has 2 aliphatic rings. The van der Waals surface area contributed by atoms with Gasteiger partial charge in [0.1, 0.15) is 0 Å². The summed E-state index contributed by atoms with van der Waals surface area (Å²) in [6.45, 7) is 4.48. The van der Waals surface area contributed by atoms with Crippen molar-refractivity contribution in [1.29, 1.82) is 0 Å². The molecule has 20 heavy (non-hydrogen) atoms. The molecule has 3 heteroatoms. The van der Waals surface area contributed by atoms with Gasteiger partial charge in [-0.3, -0.25) is 0 Å². The summed E-state index contributed by atoms with van der Waals surface area (Å²) >= 11 is 0. The van der Waals surface area contributed by atoms with Gasteiger partial charge in [0.05, 0.1) is 18.8 Å². The molecule has 0 aromatic carbocycles. The number of aliphatic hydroxyl groups is 1. The van der Waals surface area contributed by atoms with Crippen molar-refractivity contribution in [2.24, 2.45) is 11.8 Å². The van der Waals surface area contributed by atoms with Crippen LogP contribution in [0.15, 0.2) is 0 Å². The molecular formula is C17H33NO2. The average Bonchev–Trinajstić information content (AvgIpc) is 2.96. The van der Waals surface area contributed by atoms with E-state index in [1.165, 1.54) is 57.8 Å². The second-order valence-corrected chi connectivity index (χ2v) is 6.93. The molecule has 0 aromatic heterocycles. The van der Waals surface area contributed by atoms with Crippen LogP contribution in [-0.4, -0.2) is 37.0 Å². The van der Waals surface area contributed by atoms with Gasteiger partial charge in [-0.25, -0.2) is 0 Å². The largest absolute Gasteiger partial charge is 0.389 e. The Kier molecular flexibility index (Phi) is 7.32. The molecule has 2 aliphatic carbocycles. The lowest BCUT2D eigenvalue weighted by Gasteiger charge is -2.29. The Morgan fingerprint density at radius 1 is 1.10 bits per heavy atom. The van der Waals surface area contributed by atoms with Crippen LogP contribution in [0.4, 0.5) is 0 Å². The molecule has 2 saturated carbocycles. The molecule has 3 atom stereocenters. The Labute approximate surface area is 124 Å². The maximum atomic E-state index is 9.97. The lowest BCUT2D eigenvalue weighted by Crippen LogP contribution is -2.35. The van der Waals surface area contributed by atoms with Crippen LogP contribution >= 0.6 is 0 Å². The summed E-state index contributed by atoms with van der Waals surface area (Å²) in [5.74, 6) is 1.59. The highest BCUT2D eigenvalue weighted by molar-refractivity contribution is 4.73. The number of aliphatic hydroxyl groups excluding tert-OH is 1. The third kappa shape index (κ3) is 5.71. The van der Waals surface area contributed by atoms with Gasteiger partial charge in [0.2, 0.25) is 0 Å². The van der Waals surface area contributed by atoms with Crippen LogP contribution in [0.3, 0.4) is 0 Å². The minimum absolute atomic E-state index is 0.354. The summed E-state index contributed by atoms with van der Waals surface area (Å²) < 4.78 is 5.90. The number of hydrogen-bond donors (Lipinski definition) is 2. The van der Waals surface area contributed by atoms with Gasteiger partial charge in [0.25, 0.3) is 0 Å². The average molecular weight is 283 g/mol. The van der Waals surface area contributed by atoms with Gasteiger partial charge in [-0.2, -0.15) is 0 Å². The van der Waals surface area contributed by atoms with E-state index in [0.717, 1.165) is 12.5 Å². The van der Waals surface area contributed by atoms with E-state index in [4.69, 9.17) is 4.74 Å². The van der Waals surface area contributed by atoms with Gasteiger partial charge in [-0.05, 0) is 37.6 Å². The predicted molar refractivity (Wildman–Crippen MR) is 82.8 cm³/mol. The standard InChI is InChI=1S/C17H33NO2/c1-14-6-2-5-9-17(14)20-13-16(19)12-18-11-10-15-7-3-4-8-15/h14-19H,2-13H2,1H3. The van der Waals surface area contributed by atoms with Gasteiger partial charge in [-0.15, -0.1) is 0 Å². The minimum atomic E-state index is -0.354. The first-order valence-electron chi connectivity index (χ1n) is 8.76. The van der Waals surface area contributed by atoms with E-state index >= 15 is 0 Å². The Hall–Kier alpha value is -0.120. The third-order valence-electron chi connectivity index (χ3n) is 5.12. The highest BCUT2D eigenvalue weighted by Gasteiger charge is 2.22. The summed E-state index contributed by atoms with van der Waals surface area (Å²) in [6.07, 6.45) is 12.0. The topological polar surface area (TPSA) is 41.5 Å². The molecule has 3 nitrogen and oxygen atoms in total. The third-order valence-corrected chi connectivity index (χ3v) is 5.12. The second-order valence-electron chi connectivity index (χ2n) is 6.93. The quantitative estimate of drug-likeness (QED) is 0.673. The fourth-order valence-electron chi connectivity index (χ4n) is 3.70. The maximum Gasteiger partial charge on any atom is 0.0897 e. The van der Waals surface area contributed by atoms with Crippen molar-refractivity contribution in [3.63, 3.8) is 0 Å². The van der Waals surface area contributed by atoms with Crippen molar-refractivity contribution in [2.75, 3.05) is 19.7 Å². The van der Waals surface area contributed by atoms with Crippen LogP contribution in [0, 0.1) is 11.8 Å². The summed E-state index contributed by atoms with van der Waals surface area (Å²) in [5, 5.41) is 13.4. The molecule has 0 amide bonds. The summed E-state index contributed by atoms with van der Waals surface area (Å²) in [5.41, 5.74) is 0. The molecule has 0 spiro atoms. The van der Waals surface area contributed by atoms with E-state index < -0.39 is 0 Å². The number of rotatable bonds is 8. The van der Waals surface area contributed by atoms with Crippen molar-refractivity contribution in [3.05, 3.63) is 0 Å². The fraction of sp³-hybridized carbons (Fsp3) is 1.00. The van der Waals surface area contributed by atoms with Crippen LogP contribution in [-0.2, 0) is 4.74 Å². The van der Waals surface area contributed by atoms with E-state index in [1.54, 1.807) is 0 Å². The molecule has 2 rings (SSSR count). The Morgan fingerprint density at radius 3 is 2.55 bits per heavy atom. The second kappa shape index (κ2) is 9.01. The van der Waals surface area contributed by atoms with Gasteiger partial charge in [-0.1, -0.05) is 45.4 Å². The van der Waals surface area contributed by atoms with Gasteiger partial charge in [0.15, 0.2) is 0 Å². The van der Waals surface area contributed by atoms with Gasteiger partial charge in [0, 0.05) is 6.54 Å². The van der Waals surface area contributed by atoms with Crippen LogP contribution in [0.2, 0.25) is 0 Å². The molecule has 0 bridgehead atoms. The molecule has 0 saturated heterocycles. The zero-order chi connectivity index (χ0) is 14.2. The lowest BCUT2D eigenvalue weighted by atomic mass is 9.88. The number of ether oxygens (including phenoxy) is 1. The van der Waals surface area contributed by atoms with Crippen molar-refractivity contribution in [2.45, 2.75) is 76.9 Å². The zero-order valence-corrected chi connectivity index (χ0v) is 13.2. The van der Waals surface area contributed by atoms with E-state index in [-0.39, 0.29) is 6.10 Å². The summed E-state index contributed by atoms with van der Waals surface area (Å²) in [6, 6.07) is 0. The van der Waals surface area contributed by atoms with Crippen molar-refractivity contribution in [1.82, 2.24) is 5.32 Å². The van der Waals surface area contributed by atoms with Crippen LogP contribution < -0.4 is 5.32 Å². The predicted octanol–water partition coefficient (Wildman–Crippen LogP) is 3.11. The highest BCUT2D eigenvalue weighted by atomic mass is 16.5. The Bertz CT molecular complexity index is 253. The number of nitrogens with one attached hydrogen (secondary N) is 1. The van der Waals surface area contributed by atoms with E-state index in [2.05, 4.69) is 12.2 Å². The molecule has 2 fully saturated rings. The van der Waals surface area contributed by atoms with E-state index in [1.807, 2.05) is 0 Å². The van der Waals surface area contributed by atoms with Crippen LogP contribution in [0.1, 0.15) is 64.7 Å². The van der Waals surface area contributed by atoms with E-state index in [0.29, 0.717) is 25.2 Å². The zero-order valence-electron chi connectivity index (χ0n) is 13.2. The van der Waals surface area contributed by atoms with Gasteiger partial charge < -0.3 is 15.2 Å². The van der Waals surface area contributed by atoms with Crippen molar-refractivity contribution in [3.8, 4) is 0 Å². The van der Waals surface area contributed by atoms with Crippen molar-refractivity contribution < 1.29 is 9.84 Å². The molecule has 2 N–H and O–H groups in total. The first kappa shape index (κ1) is 16.3. The number of hydrogen-bond acceptors (Lipinski definition) is 3. The van der Waals surface area contributed by atoms with E-state index in [9.17, 15) is 5.11 Å². The Morgan fingerprint density at radius 2 is 1.80 bits per heavy atom. The molecule has 0 aromatic rings. The normalized spacial score (nSPS) is 29.7. The molecule has 0 radical (unpaired) electrons. The Balaban J connectivity index is 1.48. The smallest absolute Gasteiger partial charge is 0.0897 e. The molecule has 0 aliphatic heterocycles. The fourth-order valence-corrected chi connectivity index (χ4v) is 3.70. The molecule has 3 unspecified atom stereocenters. The van der Waals surface area contributed by atoms with Crippen molar-refractivity contribution >= 4 is 0 Å². The van der Waals surface area contributed by atoms with Crippen LogP contribution in [0.25, 0.3) is 0 Å². The first-order valence-corrected chi connectivity index (χ1v) is 8.76. The molecule has 0 heterocycles. The maximum absolute atomic E-state index is 9.97. The van der Waals surface area contributed by atoms with Gasteiger partial charge >= 0.3 is 0 Å². The highest BCUT2D eigenvalue weighted by Crippen LogP contribution is 2.27. The molecular weight excluding hydrogens is 250 g/mol. The monoisotopic (exact) mass is 283 g/mol. The molecule has 118 valence electrons.